The van der Waals surface area contributed by atoms with E-state index < -0.39 is 0 Å². The minimum atomic E-state index is 0. The van der Waals surface area contributed by atoms with Crippen molar-refractivity contribution in [3.05, 3.63) is 40.9 Å². The number of rotatable bonds is 4. The Kier molecular flexibility index (Phi) is 6.36. The molecule has 0 aromatic heterocycles. The molecule has 0 atom stereocenters. The van der Waals surface area contributed by atoms with Crippen molar-refractivity contribution in [2.24, 2.45) is 16.5 Å². The SMILES string of the molecule is I.NC(N)=NCCOc1ccc2cc(Br)ccc2c1. The summed E-state index contributed by atoms with van der Waals surface area (Å²) >= 11 is 3.45. The third-order valence-corrected chi connectivity index (χ3v) is 2.92. The average molecular weight is 436 g/mol. The molecule has 0 amide bonds. The number of halogens is 2. The molecule has 102 valence electrons. The lowest BCUT2D eigenvalue weighted by atomic mass is 10.1. The maximum Gasteiger partial charge on any atom is 0.186 e. The fraction of sp³-hybridized carbons (Fsp3) is 0.154. The van der Waals surface area contributed by atoms with E-state index in [1.54, 1.807) is 0 Å². The van der Waals surface area contributed by atoms with Crippen LogP contribution in [0, 0.1) is 0 Å². The van der Waals surface area contributed by atoms with E-state index in [0.29, 0.717) is 13.2 Å². The van der Waals surface area contributed by atoms with E-state index in [9.17, 15) is 0 Å². The van der Waals surface area contributed by atoms with Crippen molar-refractivity contribution in [1.29, 1.82) is 0 Å². The third kappa shape index (κ3) is 4.87. The highest BCUT2D eigenvalue weighted by Gasteiger charge is 1.98. The van der Waals surface area contributed by atoms with Crippen LogP contribution in [0.2, 0.25) is 0 Å². The van der Waals surface area contributed by atoms with Crippen molar-refractivity contribution in [3.8, 4) is 5.75 Å². The van der Waals surface area contributed by atoms with Gasteiger partial charge in [0.25, 0.3) is 0 Å². The molecule has 0 spiro atoms. The fourth-order valence-corrected chi connectivity index (χ4v) is 2.00. The Morgan fingerprint density at radius 3 is 2.53 bits per heavy atom. The average Bonchev–Trinajstić information content (AvgIpc) is 2.34. The van der Waals surface area contributed by atoms with Gasteiger partial charge in [0.2, 0.25) is 0 Å². The number of nitrogens with two attached hydrogens (primary N) is 2. The standard InChI is InChI=1S/C13H14BrN3O.HI/c14-11-3-1-10-8-12(4-2-9(10)7-11)18-6-5-17-13(15)16;/h1-4,7-8H,5-6H2,(H4,15,16,17);1H. The second kappa shape index (κ2) is 7.54. The van der Waals surface area contributed by atoms with Gasteiger partial charge in [-0.2, -0.15) is 0 Å². The number of guanidine groups is 1. The first-order chi connectivity index (χ1) is 8.65. The van der Waals surface area contributed by atoms with E-state index in [1.807, 2.05) is 30.3 Å². The predicted molar refractivity (Wildman–Crippen MR) is 93.2 cm³/mol. The Hall–Kier alpha value is -1.02. The molecule has 0 aliphatic heterocycles. The molecular formula is C13H15BrIN3O. The topological polar surface area (TPSA) is 73.6 Å². The number of aliphatic imine (C=N–C) groups is 1. The Labute approximate surface area is 137 Å². The van der Waals surface area contributed by atoms with Crippen LogP contribution in [0.15, 0.2) is 45.9 Å². The summed E-state index contributed by atoms with van der Waals surface area (Å²) in [5.41, 5.74) is 10.5. The molecule has 4 N–H and O–H groups in total. The van der Waals surface area contributed by atoms with Gasteiger partial charge in [-0.1, -0.05) is 28.1 Å². The first-order valence-electron chi connectivity index (χ1n) is 5.53. The van der Waals surface area contributed by atoms with Crippen LogP contribution in [0.5, 0.6) is 5.75 Å². The normalized spacial score (nSPS) is 9.74. The zero-order chi connectivity index (χ0) is 13.0. The molecule has 0 radical (unpaired) electrons. The number of nitrogens with zero attached hydrogens (tertiary/aromatic N) is 1. The van der Waals surface area contributed by atoms with Gasteiger partial charge in [0.05, 0.1) is 6.54 Å². The van der Waals surface area contributed by atoms with Crippen LogP contribution in [0.25, 0.3) is 10.8 Å². The molecule has 2 aromatic carbocycles. The maximum absolute atomic E-state index is 5.56. The first kappa shape index (κ1) is 16.0. The zero-order valence-electron chi connectivity index (χ0n) is 10.2. The molecule has 2 aromatic rings. The molecule has 4 nitrogen and oxygen atoms in total. The van der Waals surface area contributed by atoms with Crippen molar-refractivity contribution in [1.82, 2.24) is 0 Å². The fourth-order valence-electron chi connectivity index (χ4n) is 1.62. The Morgan fingerprint density at radius 2 is 1.79 bits per heavy atom. The van der Waals surface area contributed by atoms with E-state index >= 15 is 0 Å². The Morgan fingerprint density at radius 1 is 1.11 bits per heavy atom. The van der Waals surface area contributed by atoms with Crippen LogP contribution in [-0.2, 0) is 0 Å². The highest BCUT2D eigenvalue weighted by Crippen LogP contribution is 2.23. The van der Waals surface area contributed by atoms with Gasteiger partial charge in [-0.05, 0) is 35.0 Å². The summed E-state index contributed by atoms with van der Waals surface area (Å²) in [4.78, 5) is 3.85. The maximum atomic E-state index is 5.56. The molecule has 19 heavy (non-hydrogen) atoms. The second-order valence-corrected chi connectivity index (χ2v) is 4.72. The summed E-state index contributed by atoms with van der Waals surface area (Å²) in [6.07, 6.45) is 0. The molecule has 6 heteroatoms. The van der Waals surface area contributed by atoms with Gasteiger partial charge >= 0.3 is 0 Å². The van der Waals surface area contributed by atoms with Gasteiger partial charge in [-0.3, -0.25) is 4.99 Å². The second-order valence-electron chi connectivity index (χ2n) is 3.81. The van der Waals surface area contributed by atoms with Crippen molar-refractivity contribution in [2.45, 2.75) is 0 Å². The number of hydrogen-bond acceptors (Lipinski definition) is 2. The summed E-state index contributed by atoms with van der Waals surface area (Å²) in [5, 5.41) is 2.30. The lowest BCUT2D eigenvalue weighted by Crippen LogP contribution is -2.23. The molecule has 0 aliphatic rings. The lowest BCUT2D eigenvalue weighted by molar-refractivity contribution is 0.329. The van der Waals surface area contributed by atoms with Crippen LogP contribution < -0.4 is 16.2 Å². The Balaban J connectivity index is 0.00000180. The Bertz CT molecular complexity index is 585. The minimum Gasteiger partial charge on any atom is -0.492 e. The molecule has 0 heterocycles. The monoisotopic (exact) mass is 435 g/mol. The predicted octanol–water partition coefficient (Wildman–Crippen LogP) is 2.87. The van der Waals surface area contributed by atoms with E-state index in [1.165, 1.54) is 5.39 Å². The van der Waals surface area contributed by atoms with Gasteiger partial charge < -0.3 is 16.2 Å². The number of benzene rings is 2. The van der Waals surface area contributed by atoms with Crippen molar-refractivity contribution in [3.63, 3.8) is 0 Å². The third-order valence-electron chi connectivity index (χ3n) is 2.43. The van der Waals surface area contributed by atoms with Crippen molar-refractivity contribution in [2.75, 3.05) is 13.2 Å². The summed E-state index contributed by atoms with van der Waals surface area (Å²) in [6.45, 7) is 0.917. The molecule has 2 rings (SSSR count). The lowest BCUT2D eigenvalue weighted by Gasteiger charge is -2.06. The highest BCUT2D eigenvalue weighted by molar-refractivity contribution is 14.0. The van der Waals surface area contributed by atoms with Crippen LogP contribution in [0.3, 0.4) is 0 Å². The molecular weight excluding hydrogens is 421 g/mol. The van der Waals surface area contributed by atoms with Gasteiger partial charge in [0.15, 0.2) is 5.96 Å². The zero-order valence-corrected chi connectivity index (χ0v) is 14.1. The van der Waals surface area contributed by atoms with E-state index in [-0.39, 0.29) is 29.9 Å². The molecule has 0 aliphatic carbocycles. The van der Waals surface area contributed by atoms with Gasteiger partial charge in [-0.25, -0.2) is 0 Å². The molecule has 0 fully saturated rings. The molecule has 0 unspecified atom stereocenters. The van der Waals surface area contributed by atoms with Crippen molar-refractivity contribution >= 4 is 56.6 Å². The first-order valence-corrected chi connectivity index (χ1v) is 6.32. The smallest absolute Gasteiger partial charge is 0.186 e. The minimum absolute atomic E-state index is 0. The molecule has 0 saturated heterocycles. The number of fused-ring (bicyclic) bond motifs is 1. The largest absolute Gasteiger partial charge is 0.492 e. The van der Waals surface area contributed by atoms with E-state index in [4.69, 9.17) is 16.2 Å². The summed E-state index contributed by atoms with van der Waals surface area (Å²) in [6, 6.07) is 12.1. The summed E-state index contributed by atoms with van der Waals surface area (Å²) < 4.78 is 6.63. The summed E-state index contributed by atoms with van der Waals surface area (Å²) in [7, 11) is 0. The van der Waals surface area contributed by atoms with Gasteiger partial charge in [0.1, 0.15) is 12.4 Å². The van der Waals surface area contributed by atoms with E-state index in [0.717, 1.165) is 15.6 Å². The molecule has 0 bridgehead atoms. The van der Waals surface area contributed by atoms with Crippen LogP contribution >= 0.6 is 39.9 Å². The van der Waals surface area contributed by atoms with Crippen LogP contribution in [0.1, 0.15) is 0 Å². The van der Waals surface area contributed by atoms with Gasteiger partial charge in [-0.15, -0.1) is 24.0 Å². The number of hydrogen-bond donors (Lipinski definition) is 2. The number of ether oxygens (including phenoxy) is 1. The summed E-state index contributed by atoms with van der Waals surface area (Å²) in [5.74, 6) is 0.901. The van der Waals surface area contributed by atoms with Gasteiger partial charge in [0, 0.05) is 4.47 Å². The molecule has 0 saturated carbocycles. The van der Waals surface area contributed by atoms with Crippen LogP contribution in [0.4, 0.5) is 0 Å². The van der Waals surface area contributed by atoms with Crippen molar-refractivity contribution < 1.29 is 4.74 Å². The quantitative estimate of drug-likeness (QED) is 0.335. The van der Waals surface area contributed by atoms with Crippen LogP contribution in [-0.4, -0.2) is 19.1 Å². The van der Waals surface area contributed by atoms with E-state index in [2.05, 4.69) is 27.0 Å². The highest BCUT2D eigenvalue weighted by atomic mass is 127.